The Balaban J connectivity index is 0.000000466. The van der Waals surface area contributed by atoms with E-state index in [0.717, 1.165) is 19.3 Å². The summed E-state index contributed by atoms with van der Waals surface area (Å²) >= 11 is 1.32. The quantitative estimate of drug-likeness (QED) is 0.358. The second kappa shape index (κ2) is 17.2. The molecule has 0 amide bonds. The van der Waals surface area contributed by atoms with Crippen molar-refractivity contribution in [3.8, 4) is 0 Å². The van der Waals surface area contributed by atoms with Crippen molar-refractivity contribution in [2.75, 3.05) is 0 Å². The Morgan fingerprint density at radius 2 is 1.41 bits per heavy atom. The Morgan fingerprint density at radius 3 is 1.79 bits per heavy atom. The molecule has 0 saturated carbocycles. The molecule has 1 unspecified atom stereocenters. The van der Waals surface area contributed by atoms with Crippen LogP contribution in [0.1, 0.15) is 44.2 Å². The molecule has 0 saturated heterocycles. The Hall–Kier alpha value is -1.65. The molecule has 2 aromatic carbocycles. The molecule has 0 bridgehead atoms. The summed E-state index contributed by atoms with van der Waals surface area (Å²) in [4.78, 5) is 10.6. The van der Waals surface area contributed by atoms with Gasteiger partial charge in [0.1, 0.15) is 5.78 Å². The smallest absolute Gasteiger partial charge is 0.130 e. The first-order chi connectivity index (χ1) is 13.8. The summed E-state index contributed by atoms with van der Waals surface area (Å²) in [5.41, 5.74) is 1.90. The largest absolute Gasteiger partial charge is 0.300 e. The molecule has 156 valence electrons. The number of allylic oxidation sites excluding steroid dienone is 1. The summed E-state index contributed by atoms with van der Waals surface area (Å²) in [5, 5.41) is 9.90. The molecule has 2 nitrogen and oxygen atoms in total. The standard InChI is InChI=1S/C13H18O.C10H12O.C3H5.Sn.H/c1-3-10-13(2,14)11-9-12-7-5-4-6-8-12;1-9(11)7-8-10-5-3-2-4-6-10;1-3-2;;/h3-8,14H,1,9-11H2,2H3;2-6H,7-8H2,1H3;3H,1-2H2;;. The van der Waals surface area contributed by atoms with Crippen molar-refractivity contribution in [1.82, 2.24) is 0 Å². The third kappa shape index (κ3) is 17.0. The van der Waals surface area contributed by atoms with E-state index < -0.39 is 5.60 Å². The van der Waals surface area contributed by atoms with Gasteiger partial charge in [0, 0.05) is 6.42 Å². The third-order valence-electron chi connectivity index (χ3n) is 4.15. The minimum Gasteiger partial charge on any atom is -0.300 e. The van der Waals surface area contributed by atoms with Crippen molar-refractivity contribution in [2.24, 2.45) is 0 Å². The molecule has 2 rings (SSSR count). The number of hydrogen-bond acceptors (Lipinski definition) is 2. The monoisotopic (exact) mass is 500 g/mol. The Bertz CT molecular complexity index is 678. The van der Waals surface area contributed by atoms with E-state index in [2.05, 4.69) is 25.3 Å². The van der Waals surface area contributed by atoms with Gasteiger partial charge < -0.3 is 9.90 Å². The number of aryl methyl sites for hydroxylation is 2. The van der Waals surface area contributed by atoms with Gasteiger partial charge in [-0.25, -0.2) is 0 Å². The number of hydrogen-bond donors (Lipinski definition) is 1. The second-order valence-corrected chi connectivity index (χ2v) is 8.53. The molecule has 2 aromatic rings. The van der Waals surface area contributed by atoms with Crippen LogP contribution in [0.2, 0.25) is 4.44 Å². The Labute approximate surface area is 190 Å². The van der Waals surface area contributed by atoms with Crippen molar-refractivity contribution in [3.05, 3.63) is 97.1 Å². The molecule has 29 heavy (non-hydrogen) atoms. The molecule has 3 heteroatoms. The molecule has 1 N–H and O–H groups in total. The summed E-state index contributed by atoms with van der Waals surface area (Å²) in [5.74, 6) is 0.258. The maximum Gasteiger partial charge on any atom is 0.130 e. The molecular weight excluding hydrogens is 463 g/mol. The van der Waals surface area contributed by atoms with Gasteiger partial charge >= 0.3 is 39.6 Å². The van der Waals surface area contributed by atoms with Crippen LogP contribution in [-0.4, -0.2) is 39.0 Å². The van der Waals surface area contributed by atoms with Crippen molar-refractivity contribution < 1.29 is 9.90 Å². The Morgan fingerprint density at radius 1 is 0.966 bits per heavy atom. The van der Waals surface area contributed by atoms with Crippen LogP contribution in [0, 0.1) is 0 Å². The number of carbonyl (C=O) groups is 1. The average molecular weight is 499 g/mol. The van der Waals surface area contributed by atoms with Gasteiger partial charge in [-0.15, -0.1) is 6.58 Å². The molecule has 0 spiro atoms. The van der Waals surface area contributed by atoms with Gasteiger partial charge in [0.05, 0.1) is 5.60 Å². The maximum atomic E-state index is 10.6. The first kappa shape index (κ1) is 27.3. The second-order valence-electron chi connectivity index (χ2n) is 7.19. The van der Waals surface area contributed by atoms with E-state index in [9.17, 15) is 9.90 Å². The number of rotatable bonds is 9. The van der Waals surface area contributed by atoms with Gasteiger partial charge in [-0.05, 0) is 50.7 Å². The predicted molar refractivity (Wildman–Crippen MR) is 128 cm³/mol. The molecule has 2 radical (unpaired) electrons. The van der Waals surface area contributed by atoms with Gasteiger partial charge in [-0.3, -0.25) is 0 Å². The molecule has 0 aliphatic carbocycles. The molecule has 0 heterocycles. The van der Waals surface area contributed by atoms with Crippen molar-refractivity contribution >= 4 is 28.3 Å². The van der Waals surface area contributed by atoms with Crippen molar-refractivity contribution in [3.63, 3.8) is 0 Å². The number of Topliss-reactive ketones (excluding diaryl/α,β-unsaturated/α-hetero) is 1. The van der Waals surface area contributed by atoms with E-state index in [-0.39, 0.29) is 5.78 Å². The molecule has 0 aliphatic rings. The first-order valence-corrected chi connectivity index (χ1v) is 12.4. The van der Waals surface area contributed by atoms with Crippen LogP contribution in [0.4, 0.5) is 0 Å². The van der Waals surface area contributed by atoms with E-state index in [1.807, 2.05) is 61.5 Å². The molecule has 0 aliphatic heterocycles. The molecule has 1 atom stereocenters. The fourth-order valence-electron chi connectivity index (χ4n) is 2.44. The first-order valence-electron chi connectivity index (χ1n) is 10.1. The fourth-order valence-corrected chi connectivity index (χ4v) is 2.44. The minimum atomic E-state index is -0.614. The van der Waals surface area contributed by atoms with Gasteiger partial charge in [-0.2, -0.15) is 0 Å². The summed E-state index contributed by atoms with van der Waals surface area (Å²) in [7, 11) is 0. The summed E-state index contributed by atoms with van der Waals surface area (Å²) in [6, 6.07) is 20.3. The van der Waals surface area contributed by atoms with Crippen LogP contribution in [0.5, 0.6) is 0 Å². The Kier molecular flexibility index (Phi) is 16.2. The molecule has 0 fully saturated rings. The van der Waals surface area contributed by atoms with E-state index in [1.165, 1.54) is 38.1 Å². The van der Waals surface area contributed by atoms with Crippen molar-refractivity contribution in [1.29, 1.82) is 0 Å². The minimum absolute atomic E-state index is 0.258. The average Bonchev–Trinajstić information content (AvgIpc) is 2.73. The fraction of sp³-hybridized carbons (Fsp3) is 0.346. The zero-order chi connectivity index (χ0) is 22.0. The van der Waals surface area contributed by atoms with Crippen LogP contribution < -0.4 is 0 Å². The summed E-state index contributed by atoms with van der Waals surface area (Å²) in [6.07, 6.45) is 7.58. The van der Waals surface area contributed by atoms with Crippen LogP contribution in [-0.2, 0) is 17.6 Å². The van der Waals surface area contributed by atoms with E-state index in [0.29, 0.717) is 12.8 Å². The normalized spacial score (nSPS) is 11.6. The van der Waals surface area contributed by atoms with E-state index >= 15 is 0 Å². The molecular formula is C26H36O2Sn. The maximum absolute atomic E-state index is 10.6. The third-order valence-corrected chi connectivity index (χ3v) is 5.11. The molecule has 0 aromatic heterocycles. The summed E-state index contributed by atoms with van der Waals surface area (Å²) < 4.78 is 1.21. The van der Waals surface area contributed by atoms with Gasteiger partial charge in [-0.1, -0.05) is 66.7 Å². The van der Waals surface area contributed by atoms with Gasteiger partial charge in [0.2, 0.25) is 0 Å². The number of benzene rings is 2. The van der Waals surface area contributed by atoms with Gasteiger partial charge in [0.25, 0.3) is 0 Å². The van der Waals surface area contributed by atoms with Crippen LogP contribution in [0.3, 0.4) is 0 Å². The van der Waals surface area contributed by atoms with Crippen LogP contribution in [0.25, 0.3) is 0 Å². The summed E-state index contributed by atoms with van der Waals surface area (Å²) in [6.45, 7) is 10.6. The topological polar surface area (TPSA) is 37.3 Å². The zero-order valence-electron chi connectivity index (χ0n) is 18.0. The van der Waals surface area contributed by atoms with Gasteiger partial charge in [0.15, 0.2) is 0 Å². The van der Waals surface area contributed by atoms with Crippen LogP contribution in [0.15, 0.2) is 86.0 Å². The van der Waals surface area contributed by atoms with E-state index in [1.54, 1.807) is 13.0 Å². The van der Waals surface area contributed by atoms with E-state index in [4.69, 9.17) is 0 Å². The number of aliphatic hydroxyl groups is 1. The zero-order valence-corrected chi connectivity index (χ0v) is 21.3. The predicted octanol–water partition coefficient (Wildman–Crippen LogP) is 5.65. The van der Waals surface area contributed by atoms with Crippen molar-refractivity contribution in [2.45, 2.75) is 56.0 Å². The SMILES string of the molecule is C=CCC(C)(O)CCc1ccccc1.C=C[CH2][SnH].CC(=O)CCc1ccccc1. The number of carbonyl (C=O) groups excluding carboxylic acids is 1. The van der Waals surface area contributed by atoms with Crippen LogP contribution >= 0.6 is 0 Å². The number of ketones is 1.